The molecule has 1 aromatic rings. The molecule has 5 nitrogen and oxygen atoms in total. The molecule has 1 atom stereocenters. The Bertz CT molecular complexity index is 600. The standard InChI is InChI=1S/C15H17NO4/c1-8(2)20-14-11(15(18)19-3)5-4-10-12(14)6-9(7-17)13(10)16/h4-5,8,13H,6,16H2,1-3H3. The molecule has 20 heavy (non-hydrogen) atoms. The van der Waals surface area contributed by atoms with E-state index in [4.69, 9.17) is 15.2 Å². The second kappa shape index (κ2) is 5.49. The van der Waals surface area contributed by atoms with E-state index >= 15 is 0 Å². The molecule has 0 fully saturated rings. The van der Waals surface area contributed by atoms with Gasteiger partial charge in [0.05, 0.1) is 19.3 Å². The van der Waals surface area contributed by atoms with Gasteiger partial charge >= 0.3 is 5.97 Å². The quantitative estimate of drug-likeness (QED) is 0.669. The van der Waals surface area contributed by atoms with Gasteiger partial charge < -0.3 is 15.2 Å². The van der Waals surface area contributed by atoms with Crippen molar-refractivity contribution in [2.45, 2.75) is 32.4 Å². The lowest BCUT2D eigenvalue weighted by Gasteiger charge is -2.17. The molecule has 2 rings (SSSR count). The lowest BCUT2D eigenvalue weighted by Crippen LogP contribution is -2.14. The van der Waals surface area contributed by atoms with Crippen LogP contribution < -0.4 is 10.5 Å². The largest absolute Gasteiger partial charge is 0.490 e. The summed E-state index contributed by atoms with van der Waals surface area (Å²) in [4.78, 5) is 22.8. The number of hydrogen-bond acceptors (Lipinski definition) is 5. The molecule has 1 unspecified atom stereocenters. The summed E-state index contributed by atoms with van der Waals surface area (Å²) in [6, 6.07) is 2.88. The second-order valence-corrected chi connectivity index (χ2v) is 4.95. The molecule has 0 spiro atoms. The molecule has 0 saturated heterocycles. The summed E-state index contributed by atoms with van der Waals surface area (Å²) in [6.45, 7) is 3.73. The Kier molecular flexibility index (Phi) is 3.93. The van der Waals surface area contributed by atoms with Crippen LogP contribution >= 0.6 is 0 Å². The van der Waals surface area contributed by atoms with Crippen molar-refractivity contribution in [1.29, 1.82) is 0 Å². The molecule has 1 aliphatic rings. The predicted octanol–water partition coefficient (Wildman–Crippen LogP) is 1.57. The smallest absolute Gasteiger partial charge is 0.341 e. The Morgan fingerprint density at radius 3 is 2.70 bits per heavy atom. The van der Waals surface area contributed by atoms with Gasteiger partial charge in [-0.3, -0.25) is 0 Å². The van der Waals surface area contributed by atoms with Crippen molar-refractivity contribution in [2.24, 2.45) is 5.73 Å². The molecule has 2 N–H and O–H groups in total. The highest BCUT2D eigenvalue weighted by Crippen LogP contribution is 2.40. The number of rotatable bonds is 3. The van der Waals surface area contributed by atoms with Crippen LogP contribution in [0.2, 0.25) is 0 Å². The summed E-state index contributed by atoms with van der Waals surface area (Å²) in [5.41, 5.74) is 8.37. The maximum absolute atomic E-state index is 11.8. The second-order valence-electron chi connectivity index (χ2n) is 4.95. The fraction of sp³-hybridized carbons (Fsp3) is 0.400. The van der Waals surface area contributed by atoms with E-state index in [9.17, 15) is 9.59 Å². The Balaban J connectivity index is 2.61. The average molecular weight is 275 g/mol. The average Bonchev–Trinajstić information content (AvgIpc) is 2.75. The summed E-state index contributed by atoms with van der Waals surface area (Å²) in [5, 5.41) is 0. The minimum atomic E-state index is -0.483. The fourth-order valence-corrected chi connectivity index (χ4v) is 2.35. The third-order valence-corrected chi connectivity index (χ3v) is 3.26. The third-order valence-electron chi connectivity index (χ3n) is 3.26. The number of carbonyl (C=O) groups is 1. The van der Waals surface area contributed by atoms with Crippen molar-refractivity contribution >= 4 is 11.9 Å². The van der Waals surface area contributed by atoms with Gasteiger partial charge in [-0.15, -0.1) is 0 Å². The molecule has 0 saturated carbocycles. The molecule has 0 aromatic heterocycles. The van der Waals surface area contributed by atoms with Gasteiger partial charge in [0.2, 0.25) is 0 Å². The van der Waals surface area contributed by atoms with Gasteiger partial charge in [0.25, 0.3) is 0 Å². The van der Waals surface area contributed by atoms with Crippen LogP contribution in [0.1, 0.15) is 41.4 Å². The van der Waals surface area contributed by atoms with Gasteiger partial charge in [0, 0.05) is 17.6 Å². The Hall–Kier alpha value is -2.10. The van der Waals surface area contributed by atoms with Crippen molar-refractivity contribution in [3.8, 4) is 5.75 Å². The van der Waals surface area contributed by atoms with E-state index in [0.29, 0.717) is 23.3 Å². The number of ether oxygens (including phenoxy) is 2. The molecule has 0 bridgehead atoms. The summed E-state index contributed by atoms with van der Waals surface area (Å²) < 4.78 is 10.5. The number of fused-ring (bicyclic) bond motifs is 1. The zero-order chi connectivity index (χ0) is 14.9. The van der Waals surface area contributed by atoms with Gasteiger partial charge in [-0.05, 0) is 25.5 Å². The van der Waals surface area contributed by atoms with E-state index in [-0.39, 0.29) is 6.10 Å². The molecule has 1 aliphatic carbocycles. The first-order valence-electron chi connectivity index (χ1n) is 6.39. The van der Waals surface area contributed by atoms with Gasteiger partial charge in [0.1, 0.15) is 17.3 Å². The molecular formula is C15H17NO4. The monoisotopic (exact) mass is 275 g/mol. The molecule has 0 amide bonds. The minimum Gasteiger partial charge on any atom is -0.490 e. The van der Waals surface area contributed by atoms with Crippen LogP contribution in [0.25, 0.3) is 0 Å². The molecule has 5 heteroatoms. The summed E-state index contributed by atoms with van der Waals surface area (Å²) in [7, 11) is 1.32. The number of benzene rings is 1. The first-order chi connectivity index (χ1) is 9.49. The number of hydrogen-bond donors (Lipinski definition) is 1. The Labute approximate surface area is 117 Å². The maximum atomic E-state index is 11.8. The zero-order valence-corrected chi connectivity index (χ0v) is 11.7. The number of nitrogens with two attached hydrogens (primary N) is 1. The number of esters is 1. The van der Waals surface area contributed by atoms with Crippen LogP contribution in [-0.4, -0.2) is 25.1 Å². The zero-order valence-electron chi connectivity index (χ0n) is 11.7. The molecule has 0 aliphatic heterocycles. The first-order valence-corrected chi connectivity index (χ1v) is 6.39. The summed E-state index contributed by atoms with van der Waals surface area (Å²) >= 11 is 0. The Morgan fingerprint density at radius 2 is 2.15 bits per heavy atom. The van der Waals surface area contributed by atoms with E-state index in [0.717, 1.165) is 11.1 Å². The number of methoxy groups -OCH3 is 1. The molecule has 106 valence electrons. The number of carbonyl (C=O) groups excluding carboxylic acids is 2. The molecule has 1 aromatic carbocycles. The van der Waals surface area contributed by atoms with Crippen LogP contribution in [0.15, 0.2) is 17.7 Å². The molecule has 0 radical (unpaired) electrons. The highest BCUT2D eigenvalue weighted by Gasteiger charge is 2.31. The van der Waals surface area contributed by atoms with Gasteiger partial charge in [-0.25, -0.2) is 9.59 Å². The van der Waals surface area contributed by atoms with Gasteiger partial charge in [0.15, 0.2) is 0 Å². The summed E-state index contributed by atoms with van der Waals surface area (Å²) in [6.07, 6.45) is 0.248. The van der Waals surface area contributed by atoms with E-state index in [2.05, 4.69) is 0 Å². The van der Waals surface area contributed by atoms with Crippen LogP contribution in [0.3, 0.4) is 0 Å². The van der Waals surface area contributed by atoms with E-state index in [1.165, 1.54) is 7.11 Å². The van der Waals surface area contributed by atoms with Crippen molar-refractivity contribution in [3.63, 3.8) is 0 Å². The van der Waals surface area contributed by atoms with Crippen molar-refractivity contribution in [3.05, 3.63) is 34.4 Å². The normalized spacial score (nSPS) is 16.9. The lowest BCUT2D eigenvalue weighted by atomic mass is 10.0. The van der Waals surface area contributed by atoms with Crippen molar-refractivity contribution in [1.82, 2.24) is 0 Å². The molecule has 0 heterocycles. The van der Waals surface area contributed by atoms with Crippen molar-refractivity contribution in [2.75, 3.05) is 7.11 Å². The lowest BCUT2D eigenvalue weighted by molar-refractivity contribution is 0.0594. The first kappa shape index (κ1) is 14.3. The van der Waals surface area contributed by atoms with Gasteiger partial charge in [-0.2, -0.15) is 0 Å². The fourth-order valence-electron chi connectivity index (χ4n) is 2.35. The SMILES string of the molecule is COC(=O)c1ccc2c(c1OC(C)C)CC(=C=O)C2N. The van der Waals surface area contributed by atoms with E-state index < -0.39 is 12.0 Å². The highest BCUT2D eigenvalue weighted by molar-refractivity contribution is 5.93. The van der Waals surface area contributed by atoms with Crippen LogP contribution in [0.5, 0.6) is 5.75 Å². The van der Waals surface area contributed by atoms with Crippen LogP contribution in [0, 0.1) is 0 Å². The topological polar surface area (TPSA) is 78.6 Å². The van der Waals surface area contributed by atoms with Gasteiger partial charge in [-0.1, -0.05) is 6.07 Å². The van der Waals surface area contributed by atoms with E-state index in [1.807, 2.05) is 19.8 Å². The van der Waals surface area contributed by atoms with Crippen molar-refractivity contribution < 1.29 is 19.1 Å². The molecular weight excluding hydrogens is 258 g/mol. The third kappa shape index (κ3) is 2.33. The maximum Gasteiger partial charge on any atom is 0.341 e. The van der Waals surface area contributed by atoms with Crippen LogP contribution in [-0.2, 0) is 16.0 Å². The van der Waals surface area contributed by atoms with E-state index in [1.54, 1.807) is 12.1 Å². The minimum absolute atomic E-state index is 0.106. The van der Waals surface area contributed by atoms with Crippen LogP contribution in [0.4, 0.5) is 0 Å². The summed E-state index contributed by atoms with van der Waals surface area (Å²) in [5.74, 6) is 1.85. The predicted molar refractivity (Wildman–Crippen MR) is 73.4 cm³/mol. The highest BCUT2D eigenvalue weighted by atomic mass is 16.5. The Morgan fingerprint density at radius 1 is 1.45 bits per heavy atom.